The molecule has 0 fully saturated rings. The Bertz CT molecular complexity index is 608. The molecule has 104 valence electrons. The van der Waals surface area contributed by atoms with E-state index >= 15 is 0 Å². The largest absolute Gasteiger partial charge is 0.508 e. The van der Waals surface area contributed by atoms with Gasteiger partial charge in [-0.2, -0.15) is 0 Å². The summed E-state index contributed by atoms with van der Waals surface area (Å²) < 4.78 is 0. The Labute approximate surface area is 118 Å². The number of hydrogen-bond acceptors (Lipinski definition) is 3. The summed E-state index contributed by atoms with van der Waals surface area (Å²) in [6.45, 7) is 3.82. The first-order chi connectivity index (χ1) is 9.50. The molecule has 0 aliphatic heterocycles. The first-order valence-electron chi connectivity index (χ1n) is 6.48. The monoisotopic (exact) mass is 270 g/mol. The van der Waals surface area contributed by atoms with Crippen molar-refractivity contribution < 1.29 is 9.90 Å². The molecule has 1 aromatic heterocycles. The molecule has 1 N–H and O–H groups in total. The third-order valence-electron chi connectivity index (χ3n) is 3.49. The number of nitrogens with zero attached hydrogens (tertiary/aromatic N) is 2. The second-order valence-electron chi connectivity index (χ2n) is 4.85. The average Bonchev–Trinajstić information content (AvgIpc) is 2.46. The van der Waals surface area contributed by atoms with Crippen molar-refractivity contribution in [1.82, 2.24) is 9.88 Å². The Morgan fingerprint density at radius 3 is 2.50 bits per heavy atom. The molecule has 2 aromatic rings. The van der Waals surface area contributed by atoms with E-state index in [1.54, 1.807) is 30.3 Å². The van der Waals surface area contributed by atoms with Crippen LogP contribution in [0.5, 0.6) is 5.75 Å². The zero-order chi connectivity index (χ0) is 14.7. The first kappa shape index (κ1) is 14.1. The van der Waals surface area contributed by atoms with Gasteiger partial charge < -0.3 is 10.0 Å². The van der Waals surface area contributed by atoms with Crippen molar-refractivity contribution in [2.45, 2.75) is 19.9 Å². The number of benzene rings is 1. The number of amides is 1. The van der Waals surface area contributed by atoms with Gasteiger partial charge >= 0.3 is 0 Å². The SMILES string of the molecule is Cc1cccnc1C(=O)N(C)C(C)c1ccc(O)cc1. The lowest BCUT2D eigenvalue weighted by molar-refractivity contribution is 0.0736. The zero-order valence-corrected chi connectivity index (χ0v) is 11.9. The maximum Gasteiger partial charge on any atom is 0.272 e. The Balaban J connectivity index is 2.22. The molecule has 0 saturated carbocycles. The van der Waals surface area contributed by atoms with Crippen molar-refractivity contribution in [3.63, 3.8) is 0 Å². The summed E-state index contributed by atoms with van der Waals surface area (Å²) in [7, 11) is 1.76. The topological polar surface area (TPSA) is 53.4 Å². The third kappa shape index (κ3) is 2.79. The van der Waals surface area contributed by atoms with Gasteiger partial charge in [-0.15, -0.1) is 0 Å². The number of carbonyl (C=O) groups excluding carboxylic acids is 1. The van der Waals surface area contributed by atoms with Gasteiger partial charge in [0.25, 0.3) is 5.91 Å². The van der Waals surface area contributed by atoms with E-state index in [1.807, 2.05) is 38.1 Å². The highest BCUT2D eigenvalue weighted by molar-refractivity contribution is 5.93. The van der Waals surface area contributed by atoms with Gasteiger partial charge in [0, 0.05) is 13.2 Å². The zero-order valence-electron chi connectivity index (χ0n) is 11.9. The Kier molecular flexibility index (Phi) is 4.03. The molecule has 0 aliphatic rings. The summed E-state index contributed by atoms with van der Waals surface area (Å²) in [5.41, 5.74) is 2.30. The van der Waals surface area contributed by atoms with Crippen molar-refractivity contribution in [3.05, 3.63) is 59.4 Å². The molecule has 0 bridgehead atoms. The van der Waals surface area contributed by atoms with Gasteiger partial charge in [-0.25, -0.2) is 0 Å². The molecular weight excluding hydrogens is 252 g/mol. The van der Waals surface area contributed by atoms with Crippen LogP contribution in [0.3, 0.4) is 0 Å². The van der Waals surface area contributed by atoms with Crippen LogP contribution in [-0.4, -0.2) is 27.9 Å². The summed E-state index contributed by atoms with van der Waals surface area (Å²) in [5.74, 6) is 0.110. The van der Waals surface area contributed by atoms with Crippen LogP contribution in [0.4, 0.5) is 0 Å². The van der Waals surface area contributed by atoms with Crippen LogP contribution in [0.1, 0.15) is 34.6 Å². The van der Waals surface area contributed by atoms with Crippen molar-refractivity contribution in [3.8, 4) is 5.75 Å². The van der Waals surface area contributed by atoms with Crippen LogP contribution in [0.2, 0.25) is 0 Å². The number of pyridine rings is 1. The second kappa shape index (κ2) is 5.74. The number of aromatic nitrogens is 1. The molecule has 4 heteroatoms. The Morgan fingerprint density at radius 1 is 1.25 bits per heavy atom. The van der Waals surface area contributed by atoms with Crippen molar-refractivity contribution in [2.75, 3.05) is 7.05 Å². The van der Waals surface area contributed by atoms with E-state index in [0.717, 1.165) is 11.1 Å². The highest BCUT2D eigenvalue weighted by atomic mass is 16.3. The van der Waals surface area contributed by atoms with Crippen LogP contribution in [0.25, 0.3) is 0 Å². The first-order valence-corrected chi connectivity index (χ1v) is 6.48. The predicted octanol–water partition coefficient (Wildman–Crippen LogP) is 2.93. The third-order valence-corrected chi connectivity index (χ3v) is 3.49. The summed E-state index contributed by atoms with van der Waals surface area (Å²) in [6.07, 6.45) is 1.62. The van der Waals surface area contributed by atoms with Crippen molar-refractivity contribution in [1.29, 1.82) is 0 Å². The van der Waals surface area contributed by atoms with E-state index in [4.69, 9.17) is 0 Å². The van der Waals surface area contributed by atoms with Crippen molar-refractivity contribution >= 4 is 5.91 Å². The molecular formula is C16H18N2O2. The van der Waals surface area contributed by atoms with Gasteiger partial charge in [-0.1, -0.05) is 18.2 Å². The highest BCUT2D eigenvalue weighted by Gasteiger charge is 2.21. The number of phenolic OH excluding ortho intramolecular Hbond substituents is 1. The van der Waals surface area contributed by atoms with E-state index < -0.39 is 0 Å². The minimum Gasteiger partial charge on any atom is -0.508 e. The summed E-state index contributed by atoms with van der Waals surface area (Å²) in [6, 6.07) is 10.5. The van der Waals surface area contributed by atoms with E-state index in [0.29, 0.717) is 5.69 Å². The molecule has 0 radical (unpaired) electrons. The Hall–Kier alpha value is -2.36. The maximum absolute atomic E-state index is 12.5. The van der Waals surface area contributed by atoms with E-state index in [2.05, 4.69) is 4.98 Å². The fraction of sp³-hybridized carbons (Fsp3) is 0.250. The minimum atomic E-state index is -0.108. The molecule has 20 heavy (non-hydrogen) atoms. The highest BCUT2D eigenvalue weighted by Crippen LogP contribution is 2.22. The lowest BCUT2D eigenvalue weighted by atomic mass is 10.1. The maximum atomic E-state index is 12.5. The molecule has 0 spiro atoms. The standard InChI is InChI=1S/C16H18N2O2/c1-11-5-4-10-17-15(11)16(20)18(3)12(2)13-6-8-14(19)9-7-13/h4-10,12,19H,1-3H3. The fourth-order valence-electron chi connectivity index (χ4n) is 2.03. The van der Waals surface area contributed by atoms with Crippen LogP contribution >= 0.6 is 0 Å². The number of phenols is 1. The molecule has 2 rings (SSSR count). The molecule has 1 atom stereocenters. The predicted molar refractivity (Wildman–Crippen MR) is 77.6 cm³/mol. The quantitative estimate of drug-likeness (QED) is 0.933. The number of aryl methyl sites for hydroxylation is 1. The van der Waals surface area contributed by atoms with Crippen LogP contribution in [0, 0.1) is 6.92 Å². The number of carbonyl (C=O) groups is 1. The van der Waals surface area contributed by atoms with Crippen LogP contribution in [-0.2, 0) is 0 Å². The molecule has 1 heterocycles. The number of aromatic hydroxyl groups is 1. The molecule has 1 aromatic carbocycles. The van der Waals surface area contributed by atoms with E-state index in [9.17, 15) is 9.90 Å². The van der Waals surface area contributed by atoms with Gasteiger partial charge in [0.15, 0.2) is 0 Å². The smallest absolute Gasteiger partial charge is 0.272 e. The summed E-state index contributed by atoms with van der Waals surface area (Å²) in [5, 5.41) is 9.31. The van der Waals surface area contributed by atoms with Gasteiger partial charge in [0.05, 0.1) is 6.04 Å². The Morgan fingerprint density at radius 2 is 1.90 bits per heavy atom. The van der Waals surface area contributed by atoms with Crippen LogP contribution in [0.15, 0.2) is 42.6 Å². The molecule has 1 unspecified atom stereocenters. The average molecular weight is 270 g/mol. The normalized spacial score (nSPS) is 11.9. The minimum absolute atomic E-state index is 0.0930. The summed E-state index contributed by atoms with van der Waals surface area (Å²) >= 11 is 0. The lowest BCUT2D eigenvalue weighted by Crippen LogP contribution is -2.30. The van der Waals surface area contributed by atoms with Gasteiger partial charge in [-0.05, 0) is 43.2 Å². The lowest BCUT2D eigenvalue weighted by Gasteiger charge is -2.25. The van der Waals surface area contributed by atoms with Crippen LogP contribution < -0.4 is 0 Å². The van der Waals surface area contributed by atoms with Crippen molar-refractivity contribution in [2.24, 2.45) is 0 Å². The van der Waals surface area contributed by atoms with E-state index in [1.165, 1.54) is 0 Å². The molecule has 1 amide bonds. The fourth-order valence-corrected chi connectivity index (χ4v) is 2.03. The second-order valence-corrected chi connectivity index (χ2v) is 4.85. The van der Waals surface area contributed by atoms with E-state index in [-0.39, 0.29) is 17.7 Å². The van der Waals surface area contributed by atoms with Gasteiger partial charge in [0.2, 0.25) is 0 Å². The van der Waals surface area contributed by atoms with Gasteiger partial charge in [-0.3, -0.25) is 9.78 Å². The molecule has 0 aliphatic carbocycles. The van der Waals surface area contributed by atoms with Gasteiger partial charge in [0.1, 0.15) is 11.4 Å². The molecule has 0 saturated heterocycles. The number of rotatable bonds is 3. The molecule has 4 nitrogen and oxygen atoms in total. The number of hydrogen-bond donors (Lipinski definition) is 1. The summed E-state index contributed by atoms with van der Waals surface area (Å²) in [4.78, 5) is 18.3.